The molecule has 0 bridgehead atoms. The van der Waals surface area contributed by atoms with Crippen molar-refractivity contribution in [2.45, 2.75) is 13.5 Å². The zero-order valence-electron chi connectivity index (χ0n) is 14.6. The van der Waals surface area contributed by atoms with Crippen LogP contribution in [0.15, 0.2) is 42.5 Å². The number of methoxy groups -OCH3 is 1. The van der Waals surface area contributed by atoms with Crippen LogP contribution in [0.1, 0.15) is 11.1 Å². The highest BCUT2D eigenvalue weighted by atomic mass is 16.6. The summed E-state index contributed by atoms with van der Waals surface area (Å²) in [7, 11) is 1.69. The van der Waals surface area contributed by atoms with Crippen molar-refractivity contribution in [1.29, 1.82) is 0 Å². The fraction of sp³-hybridized carbons (Fsp3) is 0.368. The van der Waals surface area contributed by atoms with E-state index in [1.807, 2.05) is 18.2 Å². The summed E-state index contributed by atoms with van der Waals surface area (Å²) >= 11 is 0. The molecule has 6 heteroatoms. The molecule has 1 aliphatic rings. The van der Waals surface area contributed by atoms with Gasteiger partial charge in [-0.3, -0.25) is 15.0 Å². The number of non-ortho nitro benzene ring substituents is 1. The van der Waals surface area contributed by atoms with E-state index < -0.39 is 0 Å². The minimum Gasteiger partial charge on any atom is -0.496 e. The summed E-state index contributed by atoms with van der Waals surface area (Å²) < 4.78 is 5.31. The summed E-state index contributed by atoms with van der Waals surface area (Å²) in [4.78, 5) is 15.1. The molecule has 0 aromatic heterocycles. The van der Waals surface area contributed by atoms with Gasteiger partial charge in [-0.25, -0.2) is 0 Å². The highest BCUT2D eigenvalue weighted by Crippen LogP contribution is 2.22. The van der Waals surface area contributed by atoms with Gasteiger partial charge in [-0.05, 0) is 36.2 Å². The van der Waals surface area contributed by atoms with Gasteiger partial charge in [0.1, 0.15) is 5.75 Å². The minimum atomic E-state index is -0.363. The van der Waals surface area contributed by atoms with Crippen LogP contribution in [0.2, 0.25) is 0 Å². The summed E-state index contributed by atoms with van der Waals surface area (Å²) in [5, 5.41) is 10.7. The highest BCUT2D eigenvalue weighted by molar-refractivity contribution is 5.51. The number of nitro groups is 1. The van der Waals surface area contributed by atoms with Crippen LogP contribution < -0.4 is 9.64 Å². The van der Waals surface area contributed by atoms with E-state index in [0.29, 0.717) is 0 Å². The van der Waals surface area contributed by atoms with Gasteiger partial charge in [0.25, 0.3) is 5.69 Å². The maximum atomic E-state index is 10.7. The lowest BCUT2D eigenvalue weighted by atomic mass is 10.1. The van der Waals surface area contributed by atoms with Gasteiger partial charge in [0.15, 0.2) is 0 Å². The Morgan fingerprint density at radius 2 is 1.76 bits per heavy atom. The number of aryl methyl sites for hydroxylation is 1. The second-order valence-electron chi connectivity index (χ2n) is 6.34. The van der Waals surface area contributed by atoms with Crippen LogP contribution in [-0.4, -0.2) is 43.1 Å². The third-order valence-corrected chi connectivity index (χ3v) is 4.66. The number of benzene rings is 2. The van der Waals surface area contributed by atoms with Crippen molar-refractivity contribution in [2.24, 2.45) is 0 Å². The minimum absolute atomic E-state index is 0.136. The summed E-state index contributed by atoms with van der Waals surface area (Å²) in [6.07, 6.45) is 0. The summed E-state index contributed by atoms with van der Waals surface area (Å²) in [6.45, 7) is 6.79. The predicted molar refractivity (Wildman–Crippen MR) is 98.3 cm³/mol. The molecule has 0 unspecified atom stereocenters. The molecule has 0 amide bonds. The fourth-order valence-corrected chi connectivity index (χ4v) is 3.25. The normalized spacial score (nSPS) is 15.2. The van der Waals surface area contributed by atoms with E-state index in [1.165, 1.54) is 5.56 Å². The van der Waals surface area contributed by atoms with Crippen molar-refractivity contribution in [3.63, 3.8) is 0 Å². The van der Waals surface area contributed by atoms with Crippen LogP contribution in [0.3, 0.4) is 0 Å². The molecular weight excluding hydrogens is 318 g/mol. The molecule has 1 saturated heterocycles. The molecule has 0 spiro atoms. The average Bonchev–Trinajstić information content (AvgIpc) is 2.63. The molecule has 6 nitrogen and oxygen atoms in total. The van der Waals surface area contributed by atoms with Crippen molar-refractivity contribution in [3.8, 4) is 5.75 Å². The molecule has 2 aromatic carbocycles. The Hall–Kier alpha value is -2.60. The summed E-state index contributed by atoms with van der Waals surface area (Å²) in [6, 6.07) is 13.1. The van der Waals surface area contributed by atoms with E-state index in [4.69, 9.17) is 4.74 Å². The molecule has 1 fully saturated rings. The molecule has 0 saturated carbocycles. The van der Waals surface area contributed by atoms with E-state index in [1.54, 1.807) is 19.2 Å². The fourth-order valence-electron chi connectivity index (χ4n) is 3.25. The second kappa shape index (κ2) is 7.53. The quantitative estimate of drug-likeness (QED) is 0.617. The molecular formula is C19H23N3O3. The van der Waals surface area contributed by atoms with Gasteiger partial charge in [0, 0.05) is 50.5 Å². The van der Waals surface area contributed by atoms with Crippen molar-refractivity contribution in [3.05, 3.63) is 63.7 Å². The van der Waals surface area contributed by atoms with Crippen LogP contribution in [-0.2, 0) is 6.54 Å². The highest BCUT2D eigenvalue weighted by Gasteiger charge is 2.18. The topological polar surface area (TPSA) is 58.8 Å². The van der Waals surface area contributed by atoms with Crippen molar-refractivity contribution in [2.75, 3.05) is 38.2 Å². The molecule has 2 aromatic rings. The third kappa shape index (κ3) is 4.09. The zero-order chi connectivity index (χ0) is 17.8. The maximum Gasteiger partial charge on any atom is 0.269 e. The largest absolute Gasteiger partial charge is 0.496 e. The van der Waals surface area contributed by atoms with Crippen LogP contribution in [0.25, 0.3) is 0 Å². The summed E-state index contributed by atoms with van der Waals surface area (Å²) in [5.74, 6) is 0.923. The number of hydrogen-bond acceptors (Lipinski definition) is 5. The first kappa shape index (κ1) is 17.2. The number of rotatable bonds is 5. The van der Waals surface area contributed by atoms with E-state index in [2.05, 4.69) is 28.9 Å². The Bertz CT molecular complexity index is 738. The van der Waals surface area contributed by atoms with Crippen LogP contribution in [0, 0.1) is 17.0 Å². The standard InChI is InChI=1S/C19H23N3O3/c1-15-13-16(3-8-19(15)25-2)14-20-9-11-21(12-10-20)17-4-6-18(7-5-17)22(23)24/h3-8,13H,9-12,14H2,1-2H3. The molecule has 3 rings (SSSR count). The Balaban J connectivity index is 1.56. The first-order valence-corrected chi connectivity index (χ1v) is 8.42. The van der Waals surface area contributed by atoms with Gasteiger partial charge in [-0.2, -0.15) is 0 Å². The zero-order valence-corrected chi connectivity index (χ0v) is 14.6. The van der Waals surface area contributed by atoms with Gasteiger partial charge in [0.2, 0.25) is 0 Å². The van der Waals surface area contributed by atoms with E-state index in [0.717, 1.165) is 49.7 Å². The van der Waals surface area contributed by atoms with Crippen molar-refractivity contribution < 1.29 is 9.66 Å². The molecule has 0 aliphatic carbocycles. The second-order valence-corrected chi connectivity index (χ2v) is 6.34. The predicted octanol–water partition coefficient (Wildman–Crippen LogP) is 3.23. The van der Waals surface area contributed by atoms with Gasteiger partial charge in [-0.15, -0.1) is 0 Å². The third-order valence-electron chi connectivity index (χ3n) is 4.66. The SMILES string of the molecule is COc1ccc(CN2CCN(c3ccc([N+](=O)[O-])cc3)CC2)cc1C. The van der Waals surface area contributed by atoms with Crippen LogP contribution >= 0.6 is 0 Å². The lowest BCUT2D eigenvalue weighted by Gasteiger charge is -2.36. The number of anilines is 1. The first-order chi connectivity index (χ1) is 12.1. The monoisotopic (exact) mass is 341 g/mol. The number of piperazine rings is 1. The van der Waals surface area contributed by atoms with Gasteiger partial charge in [0.05, 0.1) is 12.0 Å². The average molecular weight is 341 g/mol. The number of nitrogens with zero attached hydrogens (tertiary/aromatic N) is 3. The molecule has 1 heterocycles. The first-order valence-electron chi connectivity index (χ1n) is 8.42. The molecule has 25 heavy (non-hydrogen) atoms. The van der Waals surface area contributed by atoms with E-state index in [9.17, 15) is 10.1 Å². The maximum absolute atomic E-state index is 10.7. The van der Waals surface area contributed by atoms with Crippen molar-refractivity contribution >= 4 is 11.4 Å². The Morgan fingerprint density at radius 1 is 1.08 bits per heavy atom. The Kier molecular flexibility index (Phi) is 5.19. The van der Waals surface area contributed by atoms with Gasteiger partial charge >= 0.3 is 0 Å². The molecule has 1 aliphatic heterocycles. The molecule has 0 N–H and O–H groups in total. The van der Waals surface area contributed by atoms with E-state index >= 15 is 0 Å². The molecule has 0 radical (unpaired) electrons. The Morgan fingerprint density at radius 3 is 2.32 bits per heavy atom. The Labute approximate surface area is 147 Å². The number of hydrogen-bond donors (Lipinski definition) is 0. The number of ether oxygens (including phenoxy) is 1. The lowest BCUT2D eigenvalue weighted by molar-refractivity contribution is -0.384. The molecule has 132 valence electrons. The van der Waals surface area contributed by atoms with Crippen molar-refractivity contribution in [1.82, 2.24) is 4.90 Å². The van der Waals surface area contributed by atoms with Gasteiger partial charge in [-0.1, -0.05) is 12.1 Å². The van der Waals surface area contributed by atoms with Crippen LogP contribution in [0.5, 0.6) is 5.75 Å². The van der Waals surface area contributed by atoms with Crippen LogP contribution in [0.4, 0.5) is 11.4 Å². The van der Waals surface area contributed by atoms with Gasteiger partial charge < -0.3 is 9.64 Å². The summed E-state index contributed by atoms with van der Waals surface area (Å²) in [5.41, 5.74) is 3.63. The molecule has 0 atom stereocenters. The lowest BCUT2D eigenvalue weighted by Crippen LogP contribution is -2.45. The van der Waals surface area contributed by atoms with E-state index in [-0.39, 0.29) is 10.6 Å². The smallest absolute Gasteiger partial charge is 0.269 e. The number of nitro benzene ring substituents is 1.